The Morgan fingerprint density at radius 2 is 1.66 bits per heavy atom. The maximum Gasteiger partial charge on any atom is 0.262 e. The summed E-state index contributed by atoms with van der Waals surface area (Å²) >= 11 is 7.22. The van der Waals surface area contributed by atoms with E-state index in [9.17, 15) is 14.4 Å². The number of nitrogens with zero attached hydrogens (tertiary/aromatic N) is 1. The lowest BCUT2D eigenvalue weighted by Crippen LogP contribution is -2.39. The highest BCUT2D eigenvalue weighted by molar-refractivity contribution is 9.11. The van der Waals surface area contributed by atoms with Crippen LogP contribution in [0.4, 0.5) is 5.69 Å². The number of allylic oxidation sites excluding steroid dienone is 4. The maximum atomic E-state index is 13.5. The van der Waals surface area contributed by atoms with Gasteiger partial charge in [0.15, 0.2) is 18.2 Å². The predicted octanol–water partition coefficient (Wildman–Crippen LogP) is 6.97. The molecule has 38 heavy (non-hydrogen) atoms. The van der Waals surface area contributed by atoms with E-state index in [0.717, 1.165) is 59.2 Å². The Bertz CT molecular complexity index is 1350. The molecule has 5 rings (SSSR count). The molecule has 2 aliphatic carbocycles. The van der Waals surface area contributed by atoms with E-state index in [2.05, 4.69) is 49.0 Å². The fourth-order valence-electron chi connectivity index (χ4n) is 5.91. The summed E-state index contributed by atoms with van der Waals surface area (Å²) in [6, 6.07) is 11.4. The highest BCUT2D eigenvalue weighted by Crippen LogP contribution is 2.52. The lowest BCUT2D eigenvalue weighted by atomic mass is 9.70. The Hall–Kier alpha value is -2.71. The van der Waals surface area contributed by atoms with Gasteiger partial charge in [-0.15, -0.1) is 0 Å². The lowest BCUT2D eigenvalue weighted by molar-refractivity contribution is -0.119. The third-order valence-corrected chi connectivity index (χ3v) is 8.45. The largest absolute Gasteiger partial charge is 0.482 e. The van der Waals surface area contributed by atoms with Crippen LogP contribution in [-0.4, -0.2) is 35.5 Å². The van der Waals surface area contributed by atoms with Crippen molar-refractivity contribution in [3.63, 3.8) is 0 Å². The first-order chi connectivity index (χ1) is 18.3. The minimum Gasteiger partial charge on any atom is -0.482 e. The molecular weight excluding hydrogens is 612 g/mol. The summed E-state index contributed by atoms with van der Waals surface area (Å²) in [5, 5.41) is 2.88. The number of anilines is 1. The van der Waals surface area contributed by atoms with Crippen molar-refractivity contribution in [1.82, 2.24) is 4.90 Å². The Morgan fingerprint density at radius 3 is 2.26 bits per heavy atom. The van der Waals surface area contributed by atoms with Crippen LogP contribution in [0.3, 0.4) is 0 Å². The molecule has 0 fully saturated rings. The lowest BCUT2D eigenvalue weighted by Gasteiger charge is -2.43. The predicted molar refractivity (Wildman–Crippen MR) is 154 cm³/mol. The van der Waals surface area contributed by atoms with E-state index < -0.39 is 5.92 Å². The molecule has 0 aromatic heterocycles. The molecule has 1 N–H and O–H groups in total. The van der Waals surface area contributed by atoms with Gasteiger partial charge in [-0.25, -0.2) is 0 Å². The van der Waals surface area contributed by atoms with Gasteiger partial charge in [0.2, 0.25) is 0 Å². The third kappa shape index (κ3) is 5.13. The number of ketones is 2. The molecule has 0 spiro atoms. The molecule has 0 atom stereocenters. The molecule has 8 heteroatoms. The molecule has 0 radical (unpaired) electrons. The summed E-state index contributed by atoms with van der Waals surface area (Å²) in [5.41, 5.74) is 5.92. The van der Waals surface area contributed by atoms with E-state index in [1.54, 1.807) is 0 Å². The van der Waals surface area contributed by atoms with Crippen LogP contribution < -0.4 is 10.1 Å². The van der Waals surface area contributed by atoms with Gasteiger partial charge in [0, 0.05) is 63.6 Å². The van der Waals surface area contributed by atoms with Crippen molar-refractivity contribution in [2.24, 2.45) is 0 Å². The number of aryl methyl sites for hydroxylation is 1. The molecular formula is C30H30Br2N2O4. The zero-order chi connectivity index (χ0) is 27.0. The molecule has 198 valence electrons. The first-order valence-corrected chi connectivity index (χ1v) is 14.6. The van der Waals surface area contributed by atoms with Crippen molar-refractivity contribution < 1.29 is 19.1 Å². The van der Waals surface area contributed by atoms with Crippen LogP contribution in [0.1, 0.15) is 62.5 Å². The number of carbonyl (C=O) groups is 3. The number of ether oxygens (including phenoxy) is 1. The topological polar surface area (TPSA) is 75.7 Å². The van der Waals surface area contributed by atoms with Crippen LogP contribution in [0.5, 0.6) is 5.75 Å². The summed E-state index contributed by atoms with van der Waals surface area (Å²) in [5.74, 6) is -0.179. The molecule has 2 aromatic carbocycles. The Morgan fingerprint density at radius 1 is 1.00 bits per heavy atom. The van der Waals surface area contributed by atoms with Gasteiger partial charge in [0.05, 0.1) is 4.47 Å². The standard InChI is InChI=1S/C30H30Br2N2O4/c1-3-34-22-9-5-11-24(35)28(22)27(29-23(34)10-6-12-25(29)36)20-14-18(31)15-21(32)30(20)38-16-26(37)33-19-8-4-7-17(2)13-19/h4,7-8,13-15,27H,3,5-6,9-12,16H2,1-2H3,(H,33,37). The molecule has 0 saturated heterocycles. The second kappa shape index (κ2) is 11.2. The van der Waals surface area contributed by atoms with E-state index >= 15 is 0 Å². The fraction of sp³-hybridized carbons (Fsp3) is 0.367. The molecule has 0 saturated carbocycles. The maximum absolute atomic E-state index is 13.5. The molecule has 2 aromatic rings. The van der Waals surface area contributed by atoms with Crippen molar-refractivity contribution in [3.05, 3.63) is 79.0 Å². The SMILES string of the molecule is CCN1C2=C(C(=O)CCC2)C(c2cc(Br)cc(Br)c2OCC(=O)Nc2cccc(C)c2)C2=C1CCCC2=O. The average molecular weight is 642 g/mol. The fourth-order valence-corrected chi connectivity index (χ4v) is 7.29. The molecule has 3 aliphatic rings. The summed E-state index contributed by atoms with van der Waals surface area (Å²) in [6.07, 6.45) is 4.16. The number of rotatable bonds is 6. The van der Waals surface area contributed by atoms with Crippen molar-refractivity contribution in [3.8, 4) is 5.75 Å². The van der Waals surface area contributed by atoms with Crippen molar-refractivity contribution in [2.45, 2.75) is 58.3 Å². The van der Waals surface area contributed by atoms with Gasteiger partial charge in [-0.1, -0.05) is 28.1 Å². The Kier molecular flexibility index (Phi) is 7.91. The summed E-state index contributed by atoms with van der Waals surface area (Å²) < 4.78 is 7.61. The number of nitrogens with one attached hydrogen (secondary N) is 1. The highest BCUT2D eigenvalue weighted by Gasteiger charge is 2.44. The first-order valence-electron chi connectivity index (χ1n) is 13.1. The van der Waals surface area contributed by atoms with Gasteiger partial charge < -0.3 is 15.0 Å². The van der Waals surface area contributed by atoms with Crippen LogP contribution in [0.25, 0.3) is 0 Å². The number of carbonyl (C=O) groups excluding carboxylic acids is 3. The molecule has 0 bridgehead atoms. The number of hydrogen-bond acceptors (Lipinski definition) is 5. The average Bonchev–Trinajstić information content (AvgIpc) is 2.87. The number of Topliss-reactive ketones (excluding diaryl/α,β-unsaturated/α-hetero) is 2. The highest BCUT2D eigenvalue weighted by atomic mass is 79.9. The minimum atomic E-state index is -0.521. The van der Waals surface area contributed by atoms with E-state index in [0.29, 0.717) is 39.9 Å². The Balaban J connectivity index is 1.57. The van der Waals surface area contributed by atoms with E-state index in [4.69, 9.17) is 4.74 Å². The zero-order valence-corrected chi connectivity index (χ0v) is 24.7. The summed E-state index contributed by atoms with van der Waals surface area (Å²) in [4.78, 5) is 42.0. The third-order valence-electron chi connectivity index (χ3n) is 7.40. The number of benzene rings is 2. The van der Waals surface area contributed by atoms with Crippen molar-refractivity contribution in [2.75, 3.05) is 18.5 Å². The number of amides is 1. The van der Waals surface area contributed by atoms with Gasteiger partial charge in [-0.3, -0.25) is 14.4 Å². The molecule has 6 nitrogen and oxygen atoms in total. The smallest absolute Gasteiger partial charge is 0.262 e. The van der Waals surface area contributed by atoms with Crippen molar-refractivity contribution >= 4 is 55.0 Å². The minimum absolute atomic E-state index is 0.0823. The zero-order valence-electron chi connectivity index (χ0n) is 21.5. The monoisotopic (exact) mass is 640 g/mol. The van der Waals surface area contributed by atoms with Crippen LogP contribution in [0.2, 0.25) is 0 Å². The van der Waals surface area contributed by atoms with E-state index in [1.165, 1.54) is 0 Å². The number of hydrogen-bond donors (Lipinski definition) is 1. The normalized spacial score (nSPS) is 17.9. The van der Waals surface area contributed by atoms with Gasteiger partial charge in [-0.05, 0) is 85.3 Å². The quantitative estimate of drug-likeness (QED) is 0.369. The summed E-state index contributed by atoms with van der Waals surface area (Å²) in [6.45, 7) is 4.54. The molecule has 1 heterocycles. The van der Waals surface area contributed by atoms with Crippen LogP contribution in [0, 0.1) is 6.92 Å². The van der Waals surface area contributed by atoms with Crippen LogP contribution in [0.15, 0.2) is 67.9 Å². The van der Waals surface area contributed by atoms with Crippen LogP contribution >= 0.6 is 31.9 Å². The molecule has 1 aliphatic heterocycles. The van der Waals surface area contributed by atoms with E-state index in [-0.39, 0.29) is 24.1 Å². The Labute approximate surface area is 239 Å². The van der Waals surface area contributed by atoms with Crippen LogP contribution in [-0.2, 0) is 14.4 Å². The van der Waals surface area contributed by atoms with Gasteiger partial charge in [0.25, 0.3) is 5.91 Å². The summed E-state index contributed by atoms with van der Waals surface area (Å²) in [7, 11) is 0. The molecule has 1 amide bonds. The number of halogens is 2. The van der Waals surface area contributed by atoms with Gasteiger partial charge >= 0.3 is 0 Å². The van der Waals surface area contributed by atoms with E-state index in [1.807, 2.05) is 43.3 Å². The molecule has 0 unspecified atom stereocenters. The first kappa shape index (κ1) is 26.9. The second-order valence-electron chi connectivity index (χ2n) is 9.96. The van der Waals surface area contributed by atoms with Crippen molar-refractivity contribution in [1.29, 1.82) is 0 Å². The van der Waals surface area contributed by atoms with Gasteiger partial charge in [0.1, 0.15) is 5.75 Å². The second-order valence-corrected chi connectivity index (χ2v) is 11.7. The van der Waals surface area contributed by atoms with Gasteiger partial charge in [-0.2, -0.15) is 0 Å².